The Morgan fingerprint density at radius 1 is 1.44 bits per heavy atom. The van der Waals surface area contributed by atoms with Crippen LogP contribution in [-0.2, 0) is 4.74 Å². The molecule has 0 amide bonds. The van der Waals surface area contributed by atoms with Gasteiger partial charge >= 0.3 is 0 Å². The summed E-state index contributed by atoms with van der Waals surface area (Å²) < 4.78 is 5.63. The summed E-state index contributed by atoms with van der Waals surface area (Å²) in [7, 11) is 1.99. The van der Waals surface area contributed by atoms with Gasteiger partial charge in [-0.25, -0.2) is 0 Å². The molecule has 1 aliphatic heterocycles. The van der Waals surface area contributed by atoms with E-state index in [1.807, 2.05) is 7.05 Å². The first kappa shape index (κ1) is 13.9. The Morgan fingerprint density at radius 2 is 2.12 bits per heavy atom. The minimum Gasteiger partial charge on any atom is -0.394 e. The predicted octanol–water partition coefficient (Wildman–Crippen LogP) is 0.314. The van der Waals surface area contributed by atoms with E-state index < -0.39 is 0 Å². The third kappa shape index (κ3) is 4.37. The standard InChI is InChI=1S/C12H26N2O2/c1-10-5-14(6-11(7-15)16-10)9-12(2,3)8-13-4/h10-11,13,15H,5-9H2,1-4H3. The van der Waals surface area contributed by atoms with Crippen LogP contribution in [0.3, 0.4) is 0 Å². The number of ether oxygens (including phenoxy) is 1. The Morgan fingerprint density at radius 3 is 2.69 bits per heavy atom. The number of aliphatic hydroxyl groups is 1. The number of morpholine rings is 1. The second-order valence-corrected chi connectivity index (χ2v) is 5.64. The smallest absolute Gasteiger partial charge is 0.0936 e. The zero-order chi connectivity index (χ0) is 12.2. The SMILES string of the molecule is CNCC(C)(C)CN1CC(C)OC(CO)C1. The topological polar surface area (TPSA) is 44.7 Å². The third-order valence-corrected chi connectivity index (χ3v) is 2.91. The lowest BCUT2D eigenvalue weighted by Gasteiger charge is -2.40. The van der Waals surface area contributed by atoms with E-state index in [1.165, 1.54) is 0 Å². The van der Waals surface area contributed by atoms with Crippen LogP contribution in [0.1, 0.15) is 20.8 Å². The van der Waals surface area contributed by atoms with Crippen LogP contribution in [0.25, 0.3) is 0 Å². The van der Waals surface area contributed by atoms with Crippen molar-refractivity contribution in [2.75, 3.05) is 39.8 Å². The summed E-state index contributed by atoms with van der Waals surface area (Å²) in [5.74, 6) is 0. The van der Waals surface area contributed by atoms with E-state index in [0.29, 0.717) is 0 Å². The summed E-state index contributed by atoms with van der Waals surface area (Å²) in [5.41, 5.74) is 0.256. The second-order valence-electron chi connectivity index (χ2n) is 5.64. The molecule has 4 nitrogen and oxygen atoms in total. The molecule has 1 heterocycles. The summed E-state index contributed by atoms with van der Waals surface area (Å²) in [6, 6.07) is 0. The van der Waals surface area contributed by atoms with Gasteiger partial charge in [-0.2, -0.15) is 0 Å². The number of nitrogens with one attached hydrogen (secondary N) is 1. The van der Waals surface area contributed by atoms with E-state index in [2.05, 4.69) is 31.0 Å². The van der Waals surface area contributed by atoms with Crippen molar-refractivity contribution in [2.45, 2.75) is 33.0 Å². The lowest BCUT2D eigenvalue weighted by atomic mass is 9.92. The molecule has 2 unspecified atom stereocenters. The first-order chi connectivity index (χ1) is 7.46. The number of hydrogen-bond donors (Lipinski definition) is 2. The summed E-state index contributed by atoms with van der Waals surface area (Å²) in [4.78, 5) is 2.40. The lowest BCUT2D eigenvalue weighted by molar-refractivity contribution is -0.101. The van der Waals surface area contributed by atoms with E-state index in [9.17, 15) is 0 Å². The van der Waals surface area contributed by atoms with E-state index >= 15 is 0 Å². The quantitative estimate of drug-likeness (QED) is 0.714. The highest BCUT2D eigenvalue weighted by Gasteiger charge is 2.28. The van der Waals surface area contributed by atoms with Crippen molar-refractivity contribution in [1.82, 2.24) is 10.2 Å². The van der Waals surface area contributed by atoms with Crippen molar-refractivity contribution in [1.29, 1.82) is 0 Å². The van der Waals surface area contributed by atoms with E-state index in [-0.39, 0.29) is 24.2 Å². The first-order valence-corrected chi connectivity index (χ1v) is 6.10. The molecule has 0 radical (unpaired) electrons. The van der Waals surface area contributed by atoms with Crippen molar-refractivity contribution in [3.8, 4) is 0 Å². The predicted molar refractivity (Wildman–Crippen MR) is 65.6 cm³/mol. The molecule has 2 atom stereocenters. The summed E-state index contributed by atoms with van der Waals surface area (Å²) in [5, 5.41) is 12.4. The molecule has 1 fully saturated rings. The highest BCUT2D eigenvalue weighted by atomic mass is 16.5. The number of aliphatic hydroxyl groups excluding tert-OH is 1. The first-order valence-electron chi connectivity index (χ1n) is 6.10. The maximum atomic E-state index is 9.16. The molecule has 1 rings (SSSR count). The number of rotatable bonds is 5. The van der Waals surface area contributed by atoms with Gasteiger partial charge in [0.25, 0.3) is 0 Å². The van der Waals surface area contributed by atoms with Gasteiger partial charge in [0, 0.05) is 26.2 Å². The summed E-state index contributed by atoms with van der Waals surface area (Å²) in [6.07, 6.45) is 0.199. The van der Waals surface area contributed by atoms with Crippen LogP contribution in [0.5, 0.6) is 0 Å². The zero-order valence-electron chi connectivity index (χ0n) is 11.0. The van der Waals surface area contributed by atoms with Crippen LogP contribution >= 0.6 is 0 Å². The van der Waals surface area contributed by atoms with Crippen LogP contribution in [0.15, 0.2) is 0 Å². The Bertz CT molecular complexity index is 209. The van der Waals surface area contributed by atoms with Crippen molar-refractivity contribution < 1.29 is 9.84 Å². The molecule has 0 saturated carbocycles. The van der Waals surface area contributed by atoms with Crippen LogP contribution in [-0.4, -0.2) is 62.0 Å². The van der Waals surface area contributed by atoms with Gasteiger partial charge in [-0.05, 0) is 19.4 Å². The third-order valence-electron chi connectivity index (χ3n) is 2.91. The second kappa shape index (κ2) is 5.96. The molecule has 2 N–H and O–H groups in total. The largest absolute Gasteiger partial charge is 0.394 e. The van der Waals surface area contributed by atoms with Crippen molar-refractivity contribution in [2.24, 2.45) is 5.41 Å². The molecule has 0 aromatic carbocycles. The highest BCUT2D eigenvalue weighted by Crippen LogP contribution is 2.19. The minimum atomic E-state index is -0.0193. The van der Waals surface area contributed by atoms with Crippen molar-refractivity contribution in [3.63, 3.8) is 0 Å². The molecule has 96 valence electrons. The Labute approximate surface area is 99.0 Å². The summed E-state index contributed by atoms with van der Waals surface area (Å²) in [6.45, 7) is 10.6. The Hall–Kier alpha value is -0.160. The van der Waals surface area contributed by atoms with Gasteiger partial charge in [0.15, 0.2) is 0 Å². The van der Waals surface area contributed by atoms with E-state index in [4.69, 9.17) is 9.84 Å². The fraction of sp³-hybridized carbons (Fsp3) is 1.00. The molecule has 1 saturated heterocycles. The summed E-state index contributed by atoms with van der Waals surface area (Å²) >= 11 is 0. The molecule has 0 aliphatic carbocycles. The Balaban J connectivity index is 2.46. The van der Waals surface area contributed by atoms with Crippen LogP contribution in [0.4, 0.5) is 0 Å². The van der Waals surface area contributed by atoms with Crippen molar-refractivity contribution >= 4 is 0 Å². The molecule has 16 heavy (non-hydrogen) atoms. The lowest BCUT2D eigenvalue weighted by Crippen LogP contribution is -2.51. The molecule has 4 heteroatoms. The maximum absolute atomic E-state index is 9.16. The van der Waals surface area contributed by atoms with Gasteiger partial charge in [0.05, 0.1) is 18.8 Å². The van der Waals surface area contributed by atoms with Gasteiger partial charge in [-0.3, -0.25) is 4.90 Å². The molecule has 1 aliphatic rings. The molecular weight excluding hydrogens is 204 g/mol. The number of hydrogen-bond acceptors (Lipinski definition) is 4. The van der Waals surface area contributed by atoms with Crippen LogP contribution in [0, 0.1) is 5.41 Å². The monoisotopic (exact) mass is 230 g/mol. The van der Waals surface area contributed by atoms with Crippen molar-refractivity contribution in [3.05, 3.63) is 0 Å². The maximum Gasteiger partial charge on any atom is 0.0936 e. The number of nitrogens with zero attached hydrogens (tertiary/aromatic N) is 1. The molecule has 0 bridgehead atoms. The molecule has 0 aromatic heterocycles. The fourth-order valence-electron chi connectivity index (χ4n) is 2.51. The molecule has 0 aromatic rings. The zero-order valence-corrected chi connectivity index (χ0v) is 11.0. The highest BCUT2D eigenvalue weighted by molar-refractivity contribution is 4.81. The van der Waals surface area contributed by atoms with Gasteiger partial charge in [-0.15, -0.1) is 0 Å². The Kier molecular flexibility index (Phi) is 5.18. The van der Waals surface area contributed by atoms with E-state index in [1.54, 1.807) is 0 Å². The molecular formula is C12H26N2O2. The van der Waals surface area contributed by atoms with E-state index in [0.717, 1.165) is 26.2 Å². The van der Waals surface area contributed by atoms with Crippen LogP contribution in [0.2, 0.25) is 0 Å². The molecule has 0 spiro atoms. The average molecular weight is 230 g/mol. The van der Waals surface area contributed by atoms with Gasteiger partial charge in [0.2, 0.25) is 0 Å². The van der Waals surface area contributed by atoms with Gasteiger partial charge in [-0.1, -0.05) is 13.8 Å². The normalized spacial score (nSPS) is 28.3. The van der Waals surface area contributed by atoms with Gasteiger partial charge < -0.3 is 15.2 Å². The minimum absolute atomic E-state index is 0.0193. The van der Waals surface area contributed by atoms with Gasteiger partial charge in [0.1, 0.15) is 0 Å². The fourth-order valence-corrected chi connectivity index (χ4v) is 2.51. The average Bonchev–Trinajstić information content (AvgIpc) is 2.15. The van der Waals surface area contributed by atoms with Crippen LogP contribution < -0.4 is 5.32 Å².